The third-order valence-electron chi connectivity index (χ3n) is 2.28. The Morgan fingerprint density at radius 1 is 1.75 bits per heavy atom. The lowest BCUT2D eigenvalue weighted by atomic mass is 9.86. The molecule has 2 N–H and O–H groups in total. The number of aliphatic carboxylic acids is 1. The van der Waals surface area contributed by atoms with Gasteiger partial charge in [0.05, 0.1) is 12.5 Å². The Morgan fingerprint density at radius 2 is 2.42 bits per heavy atom. The molecule has 0 amide bonds. The van der Waals surface area contributed by atoms with Gasteiger partial charge in [-0.25, -0.2) is 0 Å². The molecule has 0 fully saturated rings. The van der Waals surface area contributed by atoms with Gasteiger partial charge in [0.2, 0.25) is 0 Å². The standard InChI is InChI=1S/C9H14O3/c1-6-2-3-7(5-9(11)12)8(10)4-6/h4,7-8,10H,2-3,5H2,1H3,(H,11,12)/t7-,8+/m1/s1. The smallest absolute Gasteiger partial charge is 0.303 e. The quantitative estimate of drug-likeness (QED) is 0.612. The number of hydrogen-bond acceptors (Lipinski definition) is 2. The van der Waals surface area contributed by atoms with Gasteiger partial charge >= 0.3 is 5.97 Å². The van der Waals surface area contributed by atoms with E-state index in [-0.39, 0.29) is 12.3 Å². The topological polar surface area (TPSA) is 57.5 Å². The van der Waals surface area contributed by atoms with Crippen LogP contribution in [-0.4, -0.2) is 22.3 Å². The SMILES string of the molecule is CC1=C[C@H](O)[C@@H](CC(=O)O)CC1. The molecule has 0 aromatic heterocycles. The average molecular weight is 170 g/mol. The van der Waals surface area contributed by atoms with Crippen LogP contribution >= 0.6 is 0 Å². The summed E-state index contributed by atoms with van der Waals surface area (Å²) in [6.07, 6.45) is 2.97. The van der Waals surface area contributed by atoms with Crippen LogP contribution in [0.25, 0.3) is 0 Å². The average Bonchev–Trinajstić information content (AvgIpc) is 1.94. The Balaban J connectivity index is 2.53. The summed E-state index contributed by atoms with van der Waals surface area (Å²) in [5.41, 5.74) is 1.16. The molecule has 1 aliphatic carbocycles. The number of carboxylic acid groups (broad SMARTS) is 1. The van der Waals surface area contributed by atoms with E-state index in [1.807, 2.05) is 6.92 Å². The first-order chi connectivity index (χ1) is 5.59. The Kier molecular flexibility index (Phi) is 2.87. The number of aliphatic hydroxyl groups excluding tert-OH is 1. The molecule has 0 spiro atoms. The molecule has 12 heavy (non-hydrogen) atoms. The van der Waals surface area contributed by atoms with Gasteiger partial charge in [0.1, 0.15) is 0 Å². The van der Waals surface area contributed by atoms with Crippen LogP contribution in [0.1, 0.15) is 26.2 Å². The van der Waals surface area contributed by atoms with Gasteiger partial charge in [-0.3, -0.25) is 4.79 Å². The van der Waals surface area contributed by atoms with Crippen molar-refractivity contribution >= 4 is 5.97 Å². The number of rotatable bonds is 2. The summed E-state index contributed by atoms with van der Waals surface area (Å²) in [5, 5.41) is 18.0. The first kappa shape index (κ1) is 9.26. The van der Waals surface area contributed by atoms with Crippen LogP contribution in [-0.2, 0) is 4.79 Å². The number of carbonyl (C=O) groups is 1. The molecular weight excluding hydrogens is 156 g/mol. The molecule has 68 valence electrons. The Bertz CT molecular complexity index is 208. The molecule has 0 aromatic rings. The molecule has 0 saturated carbocycles. The first-order valence-electron chi connectivity index (χ1n) is 4.16. The fourth-order valence-corrected chi connectivity index (χ4v) is 1.54. The second-order valence-electron chi connectivity index (χ2n) is 3.40. The maximum Gasteiger partial charge on any atom is 0.303 e. The van der Waals surface area contributed by atoms with Gasteiger partial charge in [-0.15, -0.1) is 0 Å². The van der Waals surface area contributed by atoms with Crippen LogP contribution < -0.4 is 0 Å². The van der Waals surface area contributed by atoms with Crippen molar-refractivity contribution in [1.82, 2.24) is 0 Å². The van der Waals surface area contributed by atoms with Gasteiger partial charge < -0.3 is 10.2 Å². The highest BCUT2D eigenvalue weighted by molar-refractivity contribution is 5.67. The number of aliphatic hydroxyl groups is 1. The van der Waals surface area contributed by atoms with Crippen LogP contribution in [0.2, 0.25) is 0 Å². The first-order valence-corrected chi connectivity index (χ1v) is 4.16. The van der Waals surface area contributed by atoms with Gasteiger partial charge in [-0.2, -0.15) is 0 Å². The summed E-state index contributed by atoms with van der Waals surface area (Å²) in [7, 11) is 0. The van der Waals surface area contributed by atoms with E-state index in [0.717, 1.165) is 18.4 Å². The molecule has 0 radical (unpaired) electrons. The van der Waals surface area contributed by atoms with E-state index in [1.54, 1.807) is 6.08 Å². The van der Waals surface area contributed by atoms with Crippen LogP contribution in [0.3, 0.4) is 0 Å². The van der Waals surface area contributed by atoms with E-state index in [2.05, 4.69) is 0 Å². The molecule has 2 atom stereocenters. The Morgan fingerprint density at radius 3 is 2.92 bits per heavy atom. The van der Waals surface area contributed by atoms with Crippen molar-refractivity contribution in [2.24, 2.45) is 5.92 Å². The summed E-state index contributed by atoms with van der Waals surface area (Å²) in [6.45, 7) is 1.96. The van der Waals surface area contributed by atoms with Crippen molar-refractivity contribution in [2.45, 2.75) is 32.3 Å². The Hall–Kier alpha value is -0.830. The zero-order valence-corrected chi connectivity index (χ0v) is 7.16. The Labute approximate surface area is 71.7 Å². The van der Waals surface area contributed by atoms with Gasteiger partial charge in [0, 0.05) is 0 Å². The van der Waals surface area contributed by atoms with Crippen molar-refractivity contribution in [2.75, 3.05) is 0 Å². The minimum Gasteiger partial charge on any atom is -0.481 e. The zero-order valence-electron chi connectivity index (χ0n) is 7.16. The highest BCUT2D eigenvalue weighted by Gasteiger charge is 2.23. The summed E-state index contributed by atoms with van der Waals surface area (Å²) >= 11 is 0. The van der Waals surface area contributed by atoms with Crippen LogP contribution in [0.4, 0.5) is 0 Å². The van der Waals surface area contributed by atoms with Gasteiger partial charge in [-0.05, 0) is 25.7 Å². The molecule has 3 heteroatoms. The van der Waals surface area contributed by atoms with E-state index in [0.29, 0.717) is 0 Å². The van der Waals surface area contributed by atoms with E-state index < -0.39 is 12.1 Å². The van der Waals surface area contributed by atoms with E-state index in [4.69, 9.17) is 5.11 Å². The van der Waals surface area contributed by atoms with Crippen molar-refractivity contribution in [3.05, 3.63) is 11.6 Å². The number of allylic oxidation sites excluding steroid dienone is 1. The second kappa shape index (κ2) is 3.72. The summed E-state index contributed by atoms with van der Waals surface area (Å²) in [5.74, 6) is -0.918. The van der Waals surface area contributed by atoms with Crippen LogP contribution in [0.15, 0.2) is 11.6 Å². The van der Waals surface area contributed by atoms with E-state index >= 15 is 0 Å². The summed E-state index contributed by atoms with van der Waals surface area (Å²) in [6, 6.07) is 0. The summed E-state index contributed by atoms with van der Waals surface area (Å²) in [4.78, 5) is 10.4. The third-order valence-corrected chi connectivity index (χ3v) is 2.28. The molecule has 0 unspecified atom stereocenters. The third kappa shape index (κ3) is 2.34. The molecular formula is C9H14O3. The molecule has 3 nitrogen and oxygen atoms in total. The predicted octanol–water partition coefficient (Wildman–Crippen LogP) is 1.18. The lowest BCUT2D eigenvalue weighted by Crippen LogP contribution is -2.24. The number of carboxylic acids is 1. The summed E-state index contributed by atoms with van der Waals surface area (Å²) < 4.78 is 0. The molecule has 1 aliphatic rings. The highest BCUT2D eigenvalue weighted by atomic mass is 16.4. The fourth-order valence-electron chi connectivity index (χ4n) is 1.54. The second-order valence-corrected chi connectivity index (χ2v) is 3.40. The lowest BCUT2D eigenvalue weighted by Gasteiger charge is -2.24. The van der Waals surface area contributed by atoms with E-state index in [9.17, 15) is 9.90 Å². The molecule has 0 saturated heterocycles. The minimum absolute atomic E-state index is 0.0744. The lowest BCUT2D eigenvalue weighted by molar-refractivity contribution is -0.139. The highest BCUT2D eigenvalue weighted by Crippen LogP contribution is 2.25. The van der Waals surface area contributed by atoms with Crippen LogP contribution in [0, 0.1) is 5.92 Å². The van der Waals surface area contributed by atoms with Crippen molar-refractivity contribution in [3.8, 4) is 0 Å². The zero-order chi connectivity index (χ0) is 9.14. The largest absolute Gasteiger partial charge is 0.481 e. The maximum absolute atomic E-state index is 10.4. The molecule has 0 aromatic carbocycles. The van der Waals surface area contributed by atoms with Gasteiger partial charge in [0.15, 0.2) is 0 Å². The molecule has 0 bridgehead atoms. The van der Waals surface area contributed by atoms with Crippen molar-refractivity contribution in [1.29, 1.82) is 0 Å². The monoisotopic (exact) mass is 170 g/mol. The van der Waals surface area contributed by atoms with Crippen LogP contribution in [0.5, 0.6) is 0 Å². The fraction of sp³-hybridized carbons (Fsp3) is 0.667. The molecule has 0 heterocycles. The van der Waals surface area contributed by atoms with Crippen molar-refractivity contribution < 1.29 is 15.0 Å². The van der Waals surface area contributed by atoms with Gasteiger partial charge in [0.25, 0.3) is 0 Å². The van der Waals surface area contributed by atoms with E-state index in [1.165, 1.54) is 0 Å². The molecule has 0 aliphatic heterocycles. The predicted molar refractivity (Wildman–Crippen MR) is 44.7 cm³/mol. The normalized spacial score (nSPS) is 29.7. The molecule has 1 rings (SSSR count). The van der Waals surface area contributed by atoms with Crippen molar-refractivity contribution in [3.63, 3.8) is 0 Å². The maximum atomic E-state index is 10.4. The number of hydrogen-bond donors (Lipinski definition) is 2. The van der Waals surface area contributed by atoms with Gasteiger partial charge in [-0.1, -0.05) is 11.6 Å². The minimum atomic E-state index is -0.827.